The summed E-state index contributed by atoms with van der Waals surface area (Å²) in [4.78, 5) is 4.19. The summed E-state index contributed by atoms with van der Waals surface area (Å²) in [6, 6.07) is 4.45. The molecular weight excluding hydrogens is 329 g/mol. The highest BCUT2D eigenvalue weighted by Crippen LogP contribution is 2.32. The largest absolute Gasteiger partial charge is 0.467 e. The third-order valence-corrected chi connectivity index (χ3v) is 3.00. The molecule has 1 aliphatic rings. The van der Waals surface area contributed by atoms with Gasteiger partial charge in [-0.2, -0.15) is 0 Å². The van der Waals surface area contributed by atoms with E-state index in [1.807, 2.05) is 12.1 Å². The predicted molar refractivity (Wildman–Crippen MR) is 79.6 cm³/mol. The lowest BCUT2D eigenvalue weighted by Crippen LogP contribution is -2.38. The van der Waals surface area contributed by atoms with Crippen LogP contribution in [0.3, 0.4) is 0 Å². The Morgan fingerprint density at radius 2 is 2.41 bits per heavy atom. The molecule has 1 aromatic heterocycles. The first-order chi connectivity index (χ1) is 7.83. The second kappa shape index (κ2) is 6.88. The Balaban J connectivity index is 0.00000144. The first kappa shape index (κ1) is 14.3. The molecule has 1 fully saturated rings. The summed E-state index contributed by atoms with van der Waals surface area (Å²) in [5, 5.41) is 6.63. The van der Waals surface area contributed by atoms with Crippen LogP contribution < -0.4 is 10.6 Å². The zero-order valence-electron chi connectivity index (χ0n) is 10.3. The molecule has 0 radical (unpaired) electrons. The second-order valence-corrected chi connectivity index (χ2v) is 4.16. The van der Waals surface area contributed by atoms with Crippen LogP contribution in [-0.4, -0.2) is 19.0 Å². The fourth-order valence-electron chi connectivity index (χ4n) is 1.83. The van der Waals surface area contributed by atoms with Crippen LogP contribution in [-0.2, 0) is 6.54 Å². The van der Waals surface area contributed by atoms with E-state index in [4.69, 9.17) is 4.42 Å². The van der Waals surface area contributed by atoms with Crippen molar-refractivity contribution < 1.29 is 4.42 Å². The maximum absolute atomic E-state index is 5.25. The number of nitrogens with one attached hydrogen (secondary N) is 2. The summed E-state index contributed by atoms with van der Waals surface area (Å²) in [5.41, 5.74) is 0. The molecule has 1 aliphatic carbocycles. The molecular formula is C12H20IN3O. The number of halogens is 1. The van der Waals surface area contributed by atoms with Crippen molar-refractivity contribution in [2.24, 2.45) is 10.9 Å². The van der Waals surface area contributed by atoms with Crippen molar-refractivity contribution in [1.29, 1.82) is 0 Å². The minimum absolute atomic E-state index is 0. The normalized spacial score (nSPS) is 22.8. The number of aliphatic imine (C=N–C) groups is 1. The first-order valence-corrected chi connectivity index (χ1v) is 5.83. The molecule has 17 heavy (non-hydrogen) atoms. The Bertz CT molecular complexity index is 351. The molecule has 0 unspecified atom stereocenters. The molecule has 2 N–H and O–H groups in total. The highest BCUT2D eigenvalue weighted by atomic mass is 127. The van der Waals surface area contributed by atoms with E-state index in [1.165, 1.54) is 12.8 Å². The van der Waals surface area contributed by atoms with Crippen LogP contribution in [0.2, 0.25) is 0 Å². The highest BCUT2D eigenvalue weighted by Gasteiger charge is 2.35. The Morgan fingerprint density at radius 3 is 2.94 bits per heavy atom. The summed E-state index contributed by atoms with van der Waals surface area (Å²) in [6.07, 6.45) is 4.19. The maximum atomic E-state index is 5.25. The van der Waals surface area contributed by atoms with Gasteiger partial charge in [-0.1, -0.05) is 13.3 Å². The van der Waals surface area contributed by atoms with E-state index in [0.29, 0.717) is 12.6 Å². The smallest absolute Gasteiger partial charge is 0.191 e. The van der Waals surface area contributed by atoms with Gasteiger partial charge in [0.2, 0.25) is 0 Å². The number of hydrogen-bond donors (Lipinski definition) is 2. The van der Waals surface area contributed by atoms with Gasteiger partial charge < -0.3 is 15.1 Å². The van der Waals surface area contributed by atoms with Gasteiger partial charge in [0.15, 0.2) is 5.96 Å². The van der Waals surface area contributed by atoms with E-state index in [2.05, 4.69) is 22.5 Å². The molecule has 1 heterocycles. The summed E-state index contributed by atoms with van der Waals surface area (Å²) < 4.78 is 5.25. The van der Waals surface area contributed by atoms with Gasteiger partial charge >= 0.3 is 0 Å². The fraction of sp³-hybridized carbons (Fsp3) is 0.583. The van der Waals surface area contributed by atoms with Gasteiger partial charge in [-0.25, -0.2) is 0 Å². The van der Waals surface area contributed by atoms with E-state index in [9.17, 15) is 0 Å². The Morgan fingerprint density at radius 1 is 1.59 bits per heavy atom. The van der Waals surface area contributed by atoms with Gasteiger partial charge in [-0.3, -0.25) is 4.99 Å². The highest BCUT2D eigenvalue weighted by molar-refractivity contribution is 14.0. The van der Waals surface area contributed by atoms with Gasteiger partial charge in [0.05, 0.1) is 12.8 Å². The maximum Gasteiger partial charge on any atom is 0.191 e. The van der Waals surface area contributed by atoms with E-state index in [1.54, 1.807) is 13.3 Å². The Hall–Kier alpha value is -0.720. The lowest BCUT2D eigenvalue weighted by Gasteiger charge is -2.10. The summed E-state index contributed by atoms with van der Waals surface area (Å²) in [7, 11) is 1.79. The number of nitrogens with zero attached hydrogens (tertiary/aromatic N) is 1. The molecule has 1 saturated carbocycles. The van der Waals surface area contributed by atoms with Gasteiger partial charge in [0.25, 0.3) is 0 Å². The van der Waals surface area contributed by atoms with Gasteiger partial charge in [-0.15, -0.1) is 24.0 Å². The average molecular weight is 349 g/mol. The van der Waals surface area contributed by atoms with Crippen LogP contribution in [0.25, 0.3) is 0 Å². The van der Waals surface area contributed by atoms with Crippen LogP contribution >= 0.6 is 24.0 Å². The SMILES string of the molecule is CC[C@@H]1C[C@H]1NC(=NC)NCc1ccco1.I. The molecule has 0 spiro atoms. The molecule has 1 aromatic rings. The van der Waals surface area contributed by atoms with Crippen molar-refractivity contribution in [3.05, 3.63) is 24.2 Å². The molecule has 0 bridgehead atoms. The Kier molecular flexibility index (Phi) is 5.80. The minimum Gasteiger partial charge on any atom is -0.467 e. The lowest BCUT2D eigenvalue weighted by molar-refractivity contribution is 0.501. The van der Waals surface area contributed by atoms with Crippen LogP contribution in [0.5, 0.6) is 0 Å². The fourth-order valence-corrected chi connectivity index (χ4v) is 1.83. The van der Waals surface area contributed by atoms with Crippen molar-refractivity contribution in [2.75, 3.05) is 7.05 Å². The summed E-state index contributed by atoms with van der Waals surface area (Å²) >= 11 is 0. The van der Waals surface area contributed by atoms with Gasteiger partial charge in [0.1, 0.15) is 5.76 Å². The number of rotatable bonds is 4. The van der Waals surface area contributed by atoms with Crippen molar-refractivity contribution >= 4 is 29.9 Å². The number of hydrogen-bond acceptors (Lipinski definition) is 2. The molecule has 0 aromatic carbocycles. The molecule has 2 atom stereocenters. The van der Waals surface area contributed by atoms with E-state index in [0.717, 1.165) is 17.6 Å². The van der Waals surface area contributed by atoms with Crippen molar-refractivity contribution in [2.45, 2.75) is 32.4 Å². The Labute approximate surface area is 119 Å². The third kappa shape index (κ3) is 4.22. The second-order valence-electron chi connectivity index (χ2n) is 4.16. The number of furan rings is 1. The minimum atomic E-state index is 0. The van der Waals surface area contributed by atoms with E-state index < -0.39 is 0 Å². The molecule has 2 rings (SSSR count). The van der Waals surface area contributed by atoms with Crippen molar-refractivity contribution in [3.63, 3.8) is 0 Å². The van der Waals surface area contributed by atoms with Crippen molar-refractivity contribution in [3.8, 4) is 0 Å². The van der Waals surface area contributed by atoms with Crippen LogP contribution in [0, 0.1) is 5.92 Å². The molecule has 5 heteroatoms. The van der Waals surface area contributed by atoms with Crippen molar-refractivity contribution in [1.82, 2.24) is 10.6 Å². The molecule has 0 amide bonds. The van der Waals surface area contributed by atoms with E-state index >= 15 is 0 Å². The monoisotopic (exact) mass is 349 g/mol. The molecule has 0 saturated heterocycles. The zero-order chi connectivity index (χ0) is 11.4. The quantitative estimate of drug-likeness (QED) is 0.499. The van der Waals surface area contributed by atoms with Gasteiger partial charge in [-0.05, 0) is 24.5 Å². The summed E-state index contributed by atoms with van der Waals surface area (Å²) in [6.45, 7) is 2.90. The lowest BCUT2D eigenvalue weighted by atomic mass is 10.3. The number of guanidine groups is 1. The molecule has 96 valence electrons. The average Bonchev–Trinajstić information content (AvgIpc) is 2.85. The third-order valence-electron chi connectivity index (χ3n) is 3.00. The van der Waals surface area contributed by atoms with Crippen LogP contribution in [0.4, 0.5) is 0 Å². The predicted octanol–water partition coefficient (Wildman–Crippen LogP) is 2.36. The summed E-state index contributed by atoms with van der Waals surface area (Å²) in [5.74, 6) is 2.60. The topological polar surface area (TPSA) is 49.6 Å². The molecule has 4 nitrogen and oxygen atoms in total. The van der Waals surface area contributed by atoms with Gasteiger partial charge in [0, 0.05) is 13.1 Å². The molecule has 0 aliphatic heterocycles. The van der Waals surface area contributed by atoms with Crippen LogP contribution in [0.15, 0.2) is 27.8 Å². The van der Waals surface area contributed by atoms with E-state index in [-0.39, 0.29) is 24.0 Å². The van der Waals surface area contributed by atoms with Crippen LogP contribution in [0.1, 0.15) is 25.5 Å². The zero-order valence-corrected chi connectivity index (χ0v) is 12.6. The standard InChI is InChI=1S/C12H19N3O.HI/c1-3-9-7-11(9)15-12(13-2)14-8-10-5-4-6-16-10;/h4-6,9,11H,3,7-8H2,1-2H3,(H2,13,14,15);1H/t9-,11-;/m1./s1. The first-order valence-electron chi connectivity index (χ1n) is 5.83.